The quantitative estimate of drug-likeness (QED) is 0.597. The lowest BCUT2D eigenvalue weighted by Crippen LogP contribution is -2.53. The number of anilines is 2. The minimum Gasteiger partial charge on any atom is -0.340 e. The van der Waals surface area contributed by atoms with Crippen molar-refractivity contribution in [1.29, 1.82) is 0 Å². The second-order valence-electron chi connectivity index (χ2n) is 7.77. The summed E-state index contributed by atoms with van der Waals surface area (Å²) >= 11 is 0. The summed E-state index contributed by atoms with van der Waals surface area (Å²) in [4.78, 5) is 34.9. The minimum absolute atomic E-state index is 0.0513. The molecule has 10 heteroatoms. The van der Waals surface area contributed by atoms with E-state index < -0.39 is 12.1 Å². The smallest absolute Gasteiger partial charge is 0.340 e. The van der Waals surface area contributed by atoms with E-state index in [0.717, 1.165) is 10.6 Å². The normalized spacial score (nSPS) is 14.1. The Kier molecular flexibility index (Phi) is 6.36. The molecule has 0 bridgehead atoms. The zero-order valence-electron chi connectivity index (χ0n) is 18.0. The standard InChI is InChI=1S/C24H20F3N5O2/c1-2-16-4-3-5-18(12-16)30-22-19-13-17(6-7-20(19)28-15-29-22)14-21(33)31-8-10-32(11-9-31)23(34)24(25,26)27/h1,3-7,12-13,15H,8-11,14H2,(H,28,29,30). The van der Waals surface area contributed by atoms with E-state index in [-0.39, 0.29) is 38.5 Å². The summed E-state index contributed by atoms with van der Waals surface area (Å²) < 4.78 is 37.9. The van der Waals surface area contributed by atoms with E-state index in [1.165, 1.54) is 11.2 Å². The predicted octanol–water partition coefficient (Wildman–Crippen LogP) is 3.13. The maximum atomic E-state index is 12.8. The molecule has 1 aliphatic heterocycles. The average molecular weight is 467 g/mol. The number of amides is 2. The number of carbonyl (C=O) groups excluding carboxylic acids is 2. The number of hydrogen-bond donors (Lipinski definition) is 1. The highest BCUT2D eigenvalue weighted by Gasteiger charge is 2.43. The van der Waals surface area contributed by atoms with Gasteiger partial charge in [-0.1, -0.05) is 18.1 Å². The number of hydrogen-bond acceptors (Lipinski definition) is 5. The molecule has 2 amide bonds. The van der Waals surface area contributed by atoms with Gasteiger partial charge in [-0.05, 0) is 35.9 Å². The zero-order chi connectivity index (χ0) is 24.3. The van der Waals surface area contributed by atoms with Crippen LogP contribution >= 0.6 is 0 Å². The van der Waals surface area contributed by atoms with Crippen LogP contribution in [-0.2, 0) is 16.0 Å². The van der Waals surface area contributed by atoms with Crippen LogP contribution in [0.2, 0.25) is 0 Å². The van der Waals surface area contributed by atoms with E-state index in [0.29, 0.717) is 27.8 Å². The minimum atomic E-state index is -4.91. The monoisotopic (exact) mass is 467 g/mol. The van der Waals surface area contributed by atoms with Crippen LogP contribution in [0.4, 0.5) is 24.7 Å². The van der Waals surface area contributed by atoms with Gasteiger partial charge in [-0.15, -0.1) is 6.42 Å². The molecule has 1 aromatic heterocycles. The van der Waals surface area contributed by atoms with Crippen molar-refractivity contribution in [1.82, 2.24) is 19.8 Å². The fraction of sp³-hybridized carbons (Fsp3) is 0.250. The van der Waals surface area contributed by atoms with Gasteiger partial charge in [0.1, 0.15) is 12.1 Å². The molecule has 2 heterocycles. The third kappa shape index (κ3) is 5.09. The molecule has 0 atom stereocenters. The highest BCUT2D eigenvalue weighted by molar-refractivity contribution is 5.92. The van der Waals surface area contributed by atoms with E-state index in [1.807, 2.05) is 30.3 Å². The maximum absolute atomic E-state index is 12.8. The van der Waals surface area contributed by atoms with Crippen LogP contribution in [0, 0.1) is 12.3 Å². The summed E-state index contributed by atoms with van der Waals surface area (Å²) in [5.41, 5.74) is 2.86. The Labute approximate surface area is 193 Å². The Hall–Kier alpha value is -4.13. The molecule has 0 aliphatic carbocycles. The number of benzene rings is 2. The van der Waals surface area contributed by atoms with Crippen molar-refractivity contribution in [2.45, 2.75) is 12.6 Å². The fourth-order valence-electron chi connectivity index (χ4n) is 3.76. The van der Waals surface area contributed by atoms with Crippen LogP contribution < -0.4 is 5.32 Å². The maximum Gasteiger partial charge on any atom is 0.471 e. The van der Waals surface area contributed by atoms with Gasteiger partial charge in [-0.25, -0.2) is 9.97 Å². The van der Waals surface area contributed by atoms with Gasteiger partial charge in [-0.3, -0.25) is 9.59 Å². The molecule has 0 unspecified atom stereocenters. The van der Waals surface area contributed by atoms with Crippen LogP contribution in [-0.4, -0.2) is 63.9 Å². The summed E-state index contributed by atoms with van der Waals surface area (Å²) in [6.07, 6.45) is 2.05. The largest absolute Gasteiger partial charge is 0.471 e. The lowest BCUT2D eigenvalue weighted by molar-refractivity contribution is -0.187. The Bertz CT molecular complexity index is 1280. The Morgan fingerprint density at radius 2 is 1.76 bits per heavy atom. The fourth-order valence-corrected chi connectivity index (χ4v) is 3.76. The van der Waals surface area contributed by atoms with Gasteiger partial charge in [0.15, 0.2) is 0 Å². The summed E-state index contributed by atoms with van der Waals surface area (Å²) in [6, 6.07) is 12.7. The van der Waals surface area contributed by atoms with Crippen LogP contribution in [0.1, 0.15) is 11.1 Å². The molecular formula is C24H20F3N5O2. The number of alkyl halides is 3. The lowest BCUT2D eigenvalue weighted by Gasteiger charge is -2.35. The van der Waals surface area contributed by atoms with Crippen LogP contribution in [0.3, 0.4) is 0 Å². The third-order valence-corrected chi connectivity index (χ3v) is 5.51. The molecule has 0 saturated carbocycles. The second kappa shape index (κ2) is 9.39. The first-order valence-corrected chi connectivity index (χ1v) is 10.5. The van der Waals surface area contributed by atoms with Gasteiger partial charge < -0.3 is 15.1 Å². The summed E-state index contributed by atoms with van der Waals surface area (Å²) in [7, 11) is 0. The number of fused-ring (bicyclic) bond motifs is 1. The second-order valence-corrected chi connectivity index (χ2v) is 7.77. The van der Waals surface area contributed by atoms with Gasteiger partial charge in [0.25, 0.3) is 0 Å². The van der Waals surface area contributed by atoms with Crippen molar-refractivity contribution < 1.29 is 22.8 Å². The summed E-state index contributed by atoms with van der Waals surface area (Å²) in [5.74, 6) is 1.02. The number of nitrogens with one attached hydrogen (secondary N) is 1. The first kappa shape index (κ1) is 23.0. The van der Waals surface area contributed by atoms with Crippen molar-refractivity contribution >= 4 is 34.2 Å². The summed E-state index contributed by atoms with van der Waals surface area (Å²) in [6.45, 7) is -0.202. The van der Waals surface area contributed by atoms with E-state index in [2.05, 4.69) is 21.2 Å². The van der Waals surface area contributed by atoms with Crippen molar-refractivity contribution in [3.63, 3.8) is 0 Å². The van der Waals surface area contributed by atoms with Crippen molar-refractivity contribution in [2.24, 2.45) is 0 Å². The number of aromatic nitrogens is 2. The van der Waals surface area contributed by atoms with Gasteiger partial charge in [0, 0.05) is 42.8 Å². The number of nitrogens with zero attached hydrogens (tertiary/aromatic N) is 4. The van der Waals surface area contributed by atoms with Crippen molar-refractivity contribution in [2.75, 3.05) is 31.5 Å². The Balaban J connectivity index is 1.47. The van der Waals surface area contributed by atoms with Gasteiger partial charge in [0.05, 0.1) is 11.9 Å². The SMILES string of the molecule is C#Cc1cccc(Nc2ncnc3ccc(CC(=O)N4CCN(C(=O)C(F)(F)F)CC4)cc23)c1. The van der Waals surface area contributed by atoms with Gasteiger partial charge in [0.2, 0.25) is 5.91 Å². The van der Waals surface area contributed by atoms with Crippen LogP contribution in [0.5, 0.6) is 0 Å². The molecule has 3 aromatic rings. The van der Waals surface area contributed by atoms with Crippen LogP contribution in [0.15, 0.2) is 48.8 Å². The molecule has 2 aromatic carbocycles. The third-order valence-electron chi connectivity index (χ3n) is 5.51. The molecular weight excluding hydrogens is 447 g/mol. The molecule has 1 fully saturated rings. The molecule has 34 heavy (non-hydrogen) atoms. The molecule has 7 nitrogen and oxygen atoms in total. The van der Waals surface area contributed by atoms with E-state index in [4.69, 9.17) is 6.42 Å². The Morgan fingerprint density at radius 3 is 2.47 bits per heavy atom. The lowest BCUT2D eigenvalue weighted by atomic mass is 10.1. The molecule has 1 N–H and O–H groups in total. The number of piperazine rings is 1. The number of rotatable bonds is 4. The highest BCUT2D eigenvalue weighted by atomic mass is 19.4. The number of carbonyl (C=O) groups is 2. The number of halogens is 3. The summed E-state index contributed by atoms with van der Waals surface area (Å²) in [5, 5.41) is 3.93. The van der Waals surface area contributed by atoms with Gasteiger partial charge >= 0.3 is 12.1 Å². The topological polar surface area (TPSA) is 78.4 Å². The average Bonchev–Trinajstić information content (AvgIpc) is 2.83. The molecule has 0 radical (unpaired) electrons. The molecule has 4 rings (SSSR count). The first-order chi connectivity index (χ1) is 16.2. The predicted molar refractivity (Wildman–Crippen MR) is 120 cm³/mol. The first-order valence-electron chi connectivity index (χ1n) is 10.5. The van der Waals surface area contributed by atoms with Crippen molar-refractivity contribution in [3.8, 4) is 12.3 Å². The van der Waals surface area contributed by atoms with Gasteiger partial charge in [-0.2, -0.15) is 13.2 Å². The molecule has 0 spiro atoms. The molecule has 1 aliphatic rings. The van der Waals surface area contributed by atoms with Crippen LogP contribution in [0.25, 0.3) is 10.9 Å². The Morgan fingerprint density at radius 1 is 1.03 bits per heavy atom. The van der Waals surface area contributed by atoms with Crippen molar-refractivity contribution in [3.05, 3.63) is 59.9 Å². The van der Waals surface area contributed by atoms with E-state index in [9.17, 15) is 22.8 Å². The zero-order valence-corrected chi connectivity index (χ0v) is 18.0. The van der Waals surface area contributed by atoms with E-state index >= 15 is 0 Å². The molecule has 174 valence electrons. The number of terminal acetylenes is 1. The molecule has 1 saturated heterocycles. The van der Waals surface area contributed by atoms with E-state index in [1.54, 1.807) is 12.1 Å². The highest BCUT2D eigenvalue weighted by Crippen LogP contribution is 2.25.